The van der Waals surface area contributed by atoms with Gasteiger partial charge in [0.25, 0.3) is 0 Å². The lowest BCUT2D eigenvalue weighted by Gasteiger charge is -2.51. The highest BCUT2D eigenvalue weighted by molar-refractivity contribution is 4.99. The molecule has 0 aromatic heterocycles. The largest absolute Gasteiger partial charge is 0.308 e. The van der Waals surface area contributed by atoms with Crippen molar-refractivity contribution in [3.63, 3.8) is 0 Å². The topological polar surface area (TPSA) is 15.3 Å². The van der Waals surface area contributed by atoms with Gasteiger partial charge in [-0.05, 0) is 33.1 Å². The van der Waals surface area contributed by atoms with Crippen LogP contribution in [0, 0.1) is 0 Å². The van der Waals surface area contributed by atoms with E-state index in [0.717, 1.165) is 6.04 Å². The summed E-state index contributed by atoms with van der Waals surface area (Å²) in [4.78, 5) is 2.79. The number of piperazine rings is 1. The van der Waals surface area contributed by atoms with E-state index in [0.29, 0.717) is 11.6 Å². The van der Waals surface area contributed by atoms with Crippen molar-refractivity contribution in [2.45, 2.75) is 89.8 Å². The van der Waals surface area contributed by atoms with Crippen molar-refractivity contribution in [3.05, 3.63) is 0 Å². The van der Waals surface area contributed by atoms with Crippen LogP contribution in [0.5, 0.6) is 0 Å². The van der Waals surface area contributed by atoms with Gasteiger partial charge in [-0.2, -0.15) is 0 Å². The molecule has 1 aliphatic heterocycles. The summed E-state index contributed by atoms with van der Waals surface area (Å²) in [6, 6.07) is 1.48. The number of rotatable bonds is 4. The van der Waals surface area contributed by atoms with Crippen LogP contribution in [-0.4, -0.2) is 35.6 Å². The van der Waals surface area contributed by atoms with Crippen LogP contribution in [-0.2, 0) is 0 Å². The normalized spacial score (nSPS) is 30.5. The number of nitrogens with zero attached hydrogens (tertiary/aromatic N) is 1. The highest BCUT2D eigenvalue weighted by Gasteiger charge is 2.39. The maximum atomic E-state index is 3.88. The van der Waals surface area contributed by atoms with E-state index in [1.165, 1.54) is 64.5 Å². The number of hydrogen-bond acceptors (Lipinski definition) is 2. The van der Waals surface area contributed by atoms with E-state index < -0.39 is 0 Å². The summed E-state index contributed by atoms with van der Waals surface area (Å²) >= 11 is 0. The molecular weight excluding hydrogens is 220 g/mol. The highest BCUT2D eigenvalue weighted by atomic mass is 15.3. The molecule has 0 bridgehead atoms. The molecule has 1 heterocycles. The average Bonchev–Trinajstić information content (AvgIpc) is 2.40. The number of hydrogen-bond donors (Lipinski definition) is 1. The third-order valence-corrected chi connectivity index (χ3v) is 5.18. The summed E-state index contributed by atoms with van der Waals surface area (Å²) in [7, 11) is 0. The molecule has 1 saturated heterocycles. The molecule has 2 heteroatoms. The molecule has 2 atom stereocenters. The molecule has 0 aromatic carbocycles. The lowest BCUT2D eigenvalue weighted by molar-refractivity contribution is 0.0329. The molecule has 0 aromatic rings. The molecule has 2 unspecified atom stereocenters. The molecule has 2 aliphatic rings. The fourth-order valence-corrected chi connectivity index (χ4v) is 3.86. The zero-order valence-electron chi connectivity index (χ0n) is 12.7. The smallest absolute Gasteiger partial charge is 0.0309 e. The average molecular weight is 252 g/mol. The Morgan fingerprint density at radius 2 is 2.00 bits per heavy atom. The molecular formula is C16H32N2. The Kier molecular flexibility index (Phi) is 5.08. The molecule has 1 saturated carbocycles. The van der Waals surface area contributed by atoms with Crippen molar-refractivity contribution in [2.75, 3.05) is 13.1 Å². The standard InChI is InChI=1S/C16H32N2/c1-4-5-9-14(2)18-13-16(17-12-15(18)3)10-7-6-8-11-16/h14-15,17H,4-13H2,1-3H3. The quantitative estimate of drug-likeness (QED) is 0.823. The molecule has 106 valence electrons. The lowest BCUT2D eigenvalue weighted by atomic mass is 9.79. The van der Waals surface area contributed by atoms with Crippen LogP contribution >= 0.6 is 0 Å². The summed E-state index contributed by atoms with van der Waals surface area (Å²) in [6.45, 7) is 9.62. The van der Waals surface area contributed by atoms with E-state index in [1.54, 1.807) is 0 Å². The van der Waals surface area contributed by atoms with Gasteiger partial charge in [0.1, 0.15) is 0 Å². The van der Waals surface area contributed by atoms with E-state index in [-0.39, 0.29) is 0 Å². The van der Waals surface area contributed by atoms with Crippen molar-refractivity contribution >= 4 is 0 Å². The monoisotopic (exact) mass is 252 g/mol. The molecule has 2 fully saturated rings. The molecule has 2 rings (SSSR count). The van der Waals surface area contributed by atoms with Gasteiger partial charge in [0.15, 0.2) is 0 Å². The van der Waals surface area contributed by atoms with Crippen LogP contribution in [0.15, 0.2) is 0 Å². The van der Waals surface area contributed by atoms with Crippen molar-refractivity contribution < 1.29 is 0 Å². The highest BCUT2D eigenvalue weighted by Crippen LogP contribution is 2.32. The minimum Gasteiger partial charge on any atom is -0.308 e. The van der Waals surface area contributed by atoms with Crippen LogP contribution in [0.4, 0.5) is 0 Å². The number of unbranched alkanes of at least 4 members (excludes halogenated alkanes) is 1. The third-order valence-electron chi connectivity index (χ3n) is 5.18. The molecule has 1 spiro atoms. The van der Waals surface area contributed by atoms with Crippen molar-refractivity contribution in [1.82, 2.24) is 10.2 Å². The van der Waals surface area contributed by atoms with Gasteiger partial charge in [-0.1, -0.05) is 39.0 Å². The summed E-state index contributed by atoms with van der Waals surface area (Å²) < 4.78 is 0. The predicted molar refractivity (Wildman–Crippen MR) is 79.0 cm³/mol. The fourth-order valence-electron chi connectivity index (χ4n) is 3.86. The zero-order valence-corrected chi connectivity index (χ0v) is 12.7. The van der Waals surface area contributed by atoms with Gasteiger partial charge in [0, 0.05) is 30.7 Å². The predicted octanol–water partition coefficient (Wildman–Crippen LogP) is 3.56. The molecule has 0 radical (unpaired) electrons. The molecule has 18 heavy (non-hydrogen) atoms. The van der Waals surface area contributed by atoms with Crippen LogP contribution in [0.3, 0.4) is 0 Å². The summed E-state index contributed by atoms with van der Waals surface area (Å²) in [5.41, 5.74) is 0.464. The fraction of sp³-hybridized carbons (Fsp3) is 1.00. The Hall–Kier alpha value is -0.0800. The van der Waals surface area contributed by atoms with E-state index >= 15 is 0 Å². The Morgan fingerprint density at radius 1 is 1.28 bits per heavy atom. The summed E-state index contributed by atoms with van der Waals surface area (Å²) in [6.07, 6.45) is 11.2. The van der Waals surface area contributed by atoms with Crippen molar-refractivity contribution in [1.29, 1.82) is 0 Å². The van der Waals surface area contributed by atoms with Gasteiger partial charge < -0.3 is 5.32 Å². The van der Waals surface area contributed by atoms with Crippen LogP contribution < -0.4 is 5.32 Å². The van der Waals surface area contributed by atoms with Gasteiger partial charge in [-0.25, -0.2) is 0 Å². The molecule has 1 N–H and O–H groups in total. The minimum absolute atomic E-state index is 0.464. The van der Waals surface area contributed by atoms with Gasteiger partial charge >= 0.3 is 0 Å². The summed E-state index contributed by atoms with van der Waals surface area (Å²) in [5.74, 6) is 0. The van der Waals surface area contributed by atoms with Crippen molar-refractivity contribution in [3.8, 4) is 0 Å². The van der Waals surface area contributed by atoms with Crippen LogP contribution in [0.1, 0.15) is 72.1 Å². The first-order valence-electron chi connectivity index (χ1n) is 8.18. The van der Waals surface area contributed by atoms with E-state index in [4.69, 9.17) is 0 Å². The van der Waals surface area contributed by atoms with Crippen LogP contribution in [0.2, 0.25) is 0 Å². The molecule has 1 aliphatic carbocycles. The second-order valence-electron chi connectivity index (χ2n) is 6.73. The first-order chi connectivity index (χ1) is 8.67. The van der Waals surface area contributed by atoms with Crippen LogP contribution in [0.25, 0.3) is 0 Å². The summed E-state index contributed by atoms with van der Waals surface area (Å²) in [5, 5.41) is 3.88. The van der Waals surface area contributed by atoms with E-state index in [2.05, 4.69) is 31.0 Å². The SMILES string of the molecule is CCCCC(C)N1CC2(CCCCC2)NCC1C. The third kappa shape index (κ3) is 3.27. The molecule has 0 amide bonds. The second-order valence-corrected chi connectivity index (χ2v) is 6.73. The zero-order chi connectivity index (χ0) is 13.0. The minimum atomic E-state index is 0.464. The van der Waals surface area contributed by atoms with E-state index in [9.17, 15) is 0 Å². The lowest BCUT2D eigenvalue weighted by Crippen LogP contribution is -2.65. The maximum Gasteiger partial charge on any atom is 0.0309 e. The first kappa shape index (κ1) is 14.3. The Bertz CT molecular complexity index is 245. The van der Waals surface area contributed by atoms with E-state index in [1.807, 2.05) is 0 Å². The number of nitrogens with one attached hydrogen (secondary N) is 1. The van der Waals surface area contributed by atoms with Gasteiger partial charge in [0.2, 0.25) is 0 Å². The van der Waals surface area contributed by atoms with Gasteiger partial charge in [-0.15, -0.1) is 0 Å². The Labute approximate surface area is 114 Å². The first-order valence-corrected chi connectivity index (χ1v) is 8.18. The Morgan fingerprint density at radius 3 is 2.67 bits per heavy atom. The van der Waals surface area contributed by atoms with Crippen molar-refractivity contribution in [2.24, 2.45) is 0 Å². The van der Waals surface area contributed by atoms with Gasteiger partial charge in [-0.3, -0.25) is 4.90 Å². The molecule has 2 nitrogen and oxygen atoms in total. The maximum absolute atomic E-state index is 3.88. The Balaban J connectivity index is 1.95. The second kappa shape index (κ2) is 6.38. The van der Waals surface area contributed by atoms with Gasteiger partial charge in [0.05, 0.1) is 0 Å².